The molecule has 0 saturated heterocycles. The molecule has 3 aromatic carbocycles. The van der Waals surface area contributed by atoms with Crippen molar-refractivity contribution >= 4 is 150 Å². The SMILES string of the molecule is CC1=C(C)C([Si](C)(C)Nc2ccc(Br)cc2)C(C)=C1C.CC1=Cc2c(Br)cccc2C1[Si](C)(C)NC(C)(C)C.CC1C(C)C(C)C([Si](C)(C)[N-]c2ccc(Br)cc2)C1C.CC1CC2C(Br)CCCC2C1[Si](C)(C)[N-]C(C)(C)C.[CH3-].[CH3-].[Cl][Ti][Cl].[Cl][Zr+2][Cl]. The third-order valence-electron chi connectivity index (χ3n) is 19.2. The number of hydrogen-bond acceptors (Lipinski definition) is 2. The topological polar surface area (TPSA) is 52.3 Å². The predicted molar refractivity (Wildman–Crippen MR) is 410 cm³/mol. The number of hydrogen-bond donors (Lipinski definition) is 2. The van der Waals surface area contributed by atoms with Gasteiger partial charge in [-0.3, -0.25) is 0 Å². The van der Waals surface area contributed by atoms with Gasteiger partial charge in [0.15, 0.2) is 8.24 Å². The van der Waals surface area contributed by atoms with Gasteiger partial charge in [-0.2, -0.15) is 0 Å². The fraction of sp³-hybridized carbons (Fsp3) is 0.618. The van der Waals surface area contributed by atoms with Crippen LogP contribution in [-0.4, -0.2) is 48.8 Å². The molecule has 8 rings (SSSR count). The number of halogens is 8. The van der Waals surface area contributed by atoms with Crippen LogP contribution in [0.25, 0.3) is 16.0 Å². The molecule has 5 aliphatic carbocycles. The zero-order chi connectivity index (χ0) is 64.4. The Labute approximate surface area is 602 Å². The summed E-state index contributed by atoms with van der Waals surface area (Å²) in [6, 6.07) is 23.6. The molecule has 10 atom stereocenters. The fourth-order valence-corrected chi connectivity index (χ4v) is 35.3. The van der Waals surface area contributed by atoms with E-state index in [4.69, 9.17) is 45.6 Å². The Bertz CT molecular complexity index is 2630. The summed E-state index contributed by atoms with van der Waals surface area (Å²) in [7, 11) is 13.3. The van der Waals surface area contributed by atoms with Gasteiger partial charge in [0.25, 0.3) is 0 Å². The van der Waals surface area contributed by atoms with Crippen LogP contribution >= 0.6 is 99.4 Å². The van der Waals surface area contributed by atoms with Crippen LogP contribution in [0.4, 0.5) is 11.4 Å². The molecule has 0 bridgehead atoms. The van der Waals surface area contributed by atoms with Crippen LogP contribution in [0, 0.1) is 56.3 Å². The van der Waals surface area contributed by atoms with E-state index < -0.39 is 70.8 Å². The Morgan fingerprint density at radius 3 is 1.53 bits per heavy atom. The summed E-state index contributed by atoms with van der Waals surface area (Å²) < 4.78 is 3.47. The Morgan fingerprint density at radius 2 is 1.08 bits per heavy atom. The first-order valence-electron chi connectivity index (χ1n) is 30.5. The van der Waals surface area contributed by atoms with Crippen molar-refractivity contribution in [2.24, 2.45) is 41.4 Å². The van der Waals surface area contributed by atoms with Gasteiger partial charge in [0.05, 0.1) is 0 Å². The molecule has 10 unspecified atom stereocenters. The molecule has 4 nitrogen and oxygen atoms in total. The number of fused-ring (bicyclic) bond motifs is 2. The van der Waals surface area contributed by atoms with E-state index in [0.29, 0.717) is 11.1 Å². The fourth-order valence-electron chi connectivity index (χ4n) is 16.4. The van der Waals surface area contributed by atoms with Gasteiger partial charge in [-0.05, 0) is 183 Å². The Kier molecular flexibility index (Phi) is 36.9. The third kappa shape index (κ3) is 24.2. The number of nitrogens with one attached hydrogen (secondary N) is 2. The number of nitrogens with zero attached hydrogens (tertiary/aromatic N) is 2. The summed E-state index contributed by atoms with van der Waals surface area (Å²) in [4.78, 5) is 19.0. The van der Waals surface area contributed by atoms with E-state index in [1.54, 1.807) is 11.1 Å². The zero-order valence-corrected chi connectivity index (χ0v) is 75.0. The summed E-state index contributed by atoms with van der Waals surface area (Å²) in [6.45, 7) is 56.9. The molecule has 0 aliphatic heterocycles. The summed E-state index contributed by atoms with van der Waals surface area (Å²) in [5.41, 5.74) is 16.0. The van der Waals surface area contributed by atoms with Crippen molar-refractivity contribution in [1.29, 1.82) is 0 Å². The molecular formula is C68H112Br4Cl4N4Si4TiZr-2. The van der Waals surface area contributed by atoms with Gasteiger partial charge in [0.2, 0.25) is 0 Å². The maximum atomic E-state index is 5.31. The Hall–Kier alpha value is 1.94. The van der Waals surface area contributed by atoms with Crippen molar-refractivity contribution in [3.8, 4) is 0 Å². The van der Waals surface area contributed by atoms with Crippen LogP contribution in [0.2, 0.25) is 69.0 Å². The van der Waals surface area contributed by atoms with Gasteiger partial charge in [0.1, 0.15) is 8.24 Å². The van der Waals surface area contributed by atoms with E-state index >= 15 is 0 Å². The van der Waals surface area contributed by atoms with E-state index in [1.807, 2.05) is 0 Å². The van der Waals surface area contributed by atoms with Crippen LogP contribution in [0.1, 0.15) is 153 Å². The van der Waals surface area contributed by atoms with E-state index in [9.17, 15) is 0 Å². The van der Waals surface area contributed by atoms with Crippen molar-refractivity contribution < 1.29 is 37.9 Å². The van der Waals surface area contributed by atoms with Crippen molar-refractivity contribution in [2.75, 3.05) is 4.98 Å². The van der Waals surface area contributed by atoms with Crippen LogP contribution in [0.3, 0.4) is 0 Å². The molecule has 3 aromatic rings. The standard InChI is InChI=1S/C17H27BrNSi.C17H24BrNSi.C16H31BrNSi.C16H24BrNSi.2CH3.4ClH.Ti.Zr/c2*1-11-12(2)14(4)17(13(11)3)20(5,6)19-16-9-7-15(18)8-10-16;2*1-11-10-13-12(8-7-9-14(13)17)15(11)19(5,6)18-16(2,3)4;;;;;;;;/h7-14,17H,1-6H3;7-10,17,19H,1-6H3;11-15H,7-10H2,1-6H3;7-10,15,18H,1-6H3;2*1H3;4*1H;;/q-1;;-1;;2*-1;;;;;+2;+4/p-4. The molecule has 3 fully saturated rings. The van der Waals surface area contributed by atoms with Gasteiger partial charge in [-0.15, -0.1) is 11.2 Å². The molecule has 86 heavy (non-hydrogen) atoms. The van der Waals surface area contributed by atoms with E-state index in [2.05, 4.69) is 310 Å². The molecule has 5 aliphatic rings. The van der Waals surface area contributed by atoms with Crippen LogP contribution in [-0.2, 0) is 37.9 Å². The molecule has 3 saturated carbocycles. The zero-order valence-electron chi connectivity index (χ0n) is 57.6. The number of benzene rings is 3. The Morgan fingerprint density at radius 1 is 0.616 bits per heavy atom. The van der Waals surface area contributed by atoms with Crippen molar-refractivity contribution in [3.05, 3.63) is 144 Å². The van der Waals surface area contributed by atoms with Crippen molar-refractivity contribution in [3.63, 3.8) is 0 Å². The molecule has 18 heteroatoms. The van der Waals surface area contributed by atoms with Gasteiger partial charge in [0, 0.05) is 40.6 Å². The molecular weight excluding hydrogens is 1590 g/mol. The van der Waals surface area contributed by atoms with Crippen LogP contribution in [0.5, 0.6) is 0 Å². The quantitative estimate of drug-likeness (QED) is 0.121. The molecule has 0 radical (unpaired) electrons. The second-order valence-corrected chi connectivity index (χ2v) is 56.5. The van der Waals surface area contributed by atoms with E-state index in [-0.39, 0.29) is 25.9 Å². The van der Waals surface area contributed by atoms with Gasteiger partial charge >= 0.3 is 73.5 Å². The van der Waals surface area contributed by atoms with Crippen LogP contribution < -0.4 is 9.96 Å². The summed E-state index contributed by atoms with van der Waals surface area (Å²) in [5, 5.41) is 0. The Balaban J connectivity index is 0.000000551. The average Bonchev–Trinajstić information content (AvgIpc) is 2.03. The molecule has 0 heterocycles. The minimum atomic E-state index is -1.63. The third-order valence-corrected chi connectivity index (χ3v) is 36.3. The van der Waals surface area contributed by atoms with Crippen LogP contribution in [0.15, 0.2) is 108 Å². The normalized spacial score (nSPS) is 25.4. The van der Waals surface area contributed by atoms with E-state index in [1.165, 1.54) is 63.7 Å². The second-order valence-electron chi connectivity index (χ2n) is 29.4. The maximum absolute atomic E-state index is 5.31. The number of allylic oxidation sites excluding steroid dienone is 5. The summed E-state index contributed by atoms with van der Waals surface area (Å²) in [6.07, 6.45) is 8.04. The summed E-state index contributed by atoms with van der Waals surface area (Å²) >= 11 is 13.3. The number of alkyl halides is 1. The second kappa shape index (κ2) is 36.9. The predicted octanol–water partition coefficient (Wildman–Crippen LogP) is 27.4. The molecule has 0 spiro atoms. The van der Waals surface area contributed by atoms with Crippen molar-refractivity contribution in [2.45, 2.75) is 227 Å². The first kappa shape index (κ1) is 86.0. The molecule has 486 valence electrons. The molecule has 0 aromatic heterocycles. The molecule has 2 N–H and O–H groups in total. The first-order chi connectivity index (χ1) is 38.5. The number of rotatable bonds is 10. The minimum absolute atomic E-state index is 0. The monoisotopic (exact) mass is 1690 g/mol. The van der Waals surface area contributed by atoms with Gasteiger partial charge in [-0.1, -0.05) is 251 Å². The van der Waals surface area contributed by atoms with Gasteiger partial charge < -0.3 is 34.8 Å². The average molecular weight is 1700 g/mol. The first-order valence-corrected chi connectivity index (χ1v) is 56.6. The van der Waals surface area contributed by atoms with Gasteiger partial charge in [-0.25, -0.2) is 0 Å². The van der Waals surface area contributed by atoms with Crippen molar-refractivity contribution in [1.82, 2.24) is 4.98 Å². The van der Waals surface area contributed by atoms with E-state index in [0.717, 1.165) is 72.0 Å². The number of anilines is 1. The summed E-state index contributed by atoms with van der Waals surface area (Å²) in [5.74, 6) is 5.98. The molecule has 0 amide bonds.